The quantitative estimate of drug-likeness (QED) is 0.605. The molecular weight excluding hydrogens is 362 g/mol. The van der Waals surface area contributed by atoms with Gasteiger partial charge in [-0.3, -0.25) is 9.59 Å². The minimum atomic E-state index is -0.159. The van der Waals surface area contributed by atoms with Gasteiger partial charge in [-0.15, -0.1) is 11.3 Å². The third-order valence-electron chi connectivity index (χ3n) is 3.51. The molecule has 0 aliphatic rings. The summed E-state index contributed by atoms with van der Waals surface area (Å²) in [5, 5.41) is 11.2. The van der Waals surface area contributed by atoms with E-state index in [9.17, 15) is 9.59 Å². The summed E-state index contributed by atoms with van der Waals surface area (Å²) >= 11 is 1.42. The highest BCUT2D eigenvalue weighted by atomic mass is 32.1. The van der Waals surface area contributed by atoms with Gasteiger partial charge in [-0.25, -0.2) is 9.97 Å². The number of pyridine rings is 1. The van der Waals surface area contributed by atoms with Gasteiger partial charge in [0.15, 0.2) is 5.13 Å². The van der Waals surface area contributed by atoms with Crippen LogP contribution in [0.4, 0.5) is 22.3 Å². The van der Waals surface area contributed by atoms with Crippen molar-refractivity contribution < 1.29 is 9.59 Å². The van der Waals surface area contributed by atoms with Crippen LogP contribution in [0.2, 0.25) is 0 Å². The standard InChI is InChI=1S/C19H19N5O2S/c1-12-4-3-5-17(20-12)24-19-23-16(11-27-19)10-18(26)22-15-8-6-14(7-9-15)21-13(2)25/h3-9,11H,10H2,1-2H3,(H,21,25)(H,22,26)(H,20,23,24). The van der Waals surface area contributed by atoms with Crippen LogP contribution < -0.4 is 16.0 Å². The van der Waals surface area contributed by atoms with E-state index in [1.54, 1.807) is 24.3 Å². The Balaban J connectivity index is 1.55. The first kappa shape index (κ1) is 18.5. The van der Waals surface area contributed by atoms with Gasteiger partial charge in [0.05, 0.1) is 12.1 Å². The molecule has 27 heavy (non-hydrogen) atoms. The molecule has 0 unspecified atom stereocenters. The molecule has 2 heterocycles. The molecule has 0 saturated carbocycles. The van der Waals surface area contributed by atoms with Crippen LogP contribution in [0.3, 0.4) is 0 Å². The minimum Gasteiger partial charge on any atom is -0.326 e. The third kappa shape index (κ3) is 5.61. The topological polar surface area (TPSA) is 96.0 Å². The lowest BCUT2D eigenvalue weighted by Crippen LogP contribution is -2.14. The molecule has 0 atom stereocenters. The zero-order chi connectivity index (χ0) is 19.2. The fourth-order valence-corrected chi connectivity index (χ4v) is 3.09. The maximum Gasteiger partial charge on any atom is 0.230 e. The molecule has 0 bridgehead atoms. The number of nitrogens with zero attached hydrogens (tertiary/aromatic N) is 2. The molecule has 0 radical (unpaired) electrons. The highest BCUT2D eigenvalue weighted by molar-refractivity contribution is 7.13. The molecule has 0 aliphatic carbocycles. The first-order valence-electron chi connectivity index (χ1n) is 8.30. The summed E-state index contributed by atoms with van der Waals surface area (Å²) in [4.78, 5) is 32.0. The second-order valence-corrected chi connectivity index (χ2v) is 6.77. The fourth-order valence-electron chi connectivity index (χ4n) is 2.38. The molecule has 8 heteroatoms. The molecule has 0 fully saturated rings. The Morgan fingerprint density at radius 1 is 1.00 bits per heavy atom. The highest BCUT2D eigenvalue weighted by Gasteiger charge is 2.09. The molecular formula is C19H19N5O2S. The van der Waals surface area contributed by atoms with Crippen LogP contribution in [0, 0.1) is 6.92 Å². The first-order valence-corrected chi connectivity index (χ1v) is 9.18. The molecule has 0 saturated heterocycles. The van der Waals surface area contributed by atoms with Crippen LogP contribution in [-0.4, -0.2) is 21.8 Å². The van der Waals surface area contributed by atoms with E-state index in [-0.39, 0.29) is 18.2 Å². The SMILES string of the molecule is CC(=O)Nc1ccc(NC(=O)Cc2csc(Nc3cccc(C)n3)n2)cc1. The number of thiazole rings is 1. The zero-order valence-electron chi connectivity index (χ0n) is 14.9. The number of benzene rings is 1. The number of amides is 2. The van der Waals surface area contributed by atoms with E-state index < -0.39 is 0 Å². The van der Waals surface area contributed by atoms with Crippen LogP contribution in [0.1, 0.15) is 18.3 Å². The maximum absolute atomic E-state index is 12.2. The average molecular weight is 381 g/mol. The fraction of sp³-hybridized carbons (Fsp3) is 0.158. The second kappa shape index (κ2) is 8.41. The number of carbonyl (C=O) groups excluding carboxylic acids is 2. The molecule has 0 aliphatic heterocycles. The van der Waals surface area contributed by atoms with Crippen LogP contribution >= 0.6 is 11.3 Å². The van der Waals surface area contributed by atoms with E-state index in [0.29, 0.717) is 22.2 Å². The van der Waals surface area contributed by atoms with E-state index >= 15 is 0 Å². The molecule has 7 nitrogen and oxygen atoms in total. The van der Waals surface area contributed by atoms with Gasteiger partial charge in [-0.1, -0.05) is 6.07 Å². The average Bonchev–Trinajstić information content (AvgIpc) is 3.03. The third-order valence-corrected chi connectivity index (χ3v) is 4.31. The molecule has 3 rings (SSSR count). The Morgan fingerprint density at radius 2 is 1.70 bits per heavy atom. The monoisotopic (exact) mass is 381 g/mol. The highest BCUT2D eigenvalue weighted by Crippen LogP contribution is 2.20. The summed E-state index contributed by atoms with van der Waals surface area (Å²) in [5.41, 5.74) is 2.94. The number of aryl methyl sites for hydroxylation is 1. The number of carbonyl (C=O) groups is 2. The number of nitrogens with one attached hydrogen (secondary N) is 3. The van der Waals surface area contributed by atoms with Crippen molar-refractivity contribution in [3.63, 3.8) is 0 Å². The Bertz CT molecular complexity index is 953. The van der Waals surface area contributed by atoms with Crippen LogP contribution in [0.15, 0.2) is 47.8 Å². The molecule has 0 spiro atoms. The Kier molecular flexibility index (Phi) is 5.77. The van der Waals surface area contributed by atoms with Crippen molar-refractivity contribution >= 4 is 45.5 Å². The maximum atomic E-state index is 12.2. The summed E-state index contributed by atoms with van der Waals surface area (Å²) in [6.07, 6.45) is 0.173. The number of anilines is 4. The molecule has 2 aromatic heterocycles. The Hall–Kier alpha value is -3.26. The van der Waals surface area contributed by atoms with Gasteiger partial charge in [-0.05, 0) is 43.3 Å². The van der Waals surface area contributed by atoms with E-state index in [1.807, 2.05) is 30.5 Å². The van der Waals surface area contributed by atoms with Crippen LogP contribution in [-0.2, 0) is 16.0 Å². The Labute approximate surface area is 160 Å². The second-order valence-electron chi connectivity index (χ2n) is 5.92. The summed E-state index contributed by atoms with van der Waals surface area (Å²) < 4.78 is 0. The number of hydrogen-bond acceptors (Lipinski definition) is 6. The summed E-state index contributed by atoms with van der Waals surface area (Å²) in [6, 6.07) is 12.6. The zero-order valence-corrected chi connectivity index (χ0v) is 15.8. The van der Waals surface area contributed by atoms with Gasteiger partial charge >= 0.3 is 0 Å². The first-order chi connectivity index (χ1) is 13.0. The van der Waals surface area contributed by atoms with Gasteiger partial charge in [0.2, 0.25) is 11.8 Å². The van der Waals surface area contributed by atoms with E-state index in [0.717, 1.165) is 11.5 Å². The van der Waals surface area contributed by atoms with Gasteiger partial charge in [-0.2, -0.15) is 0 Å². The predicted molar refractivity (Wildman–Crippen MR) is 107 cm³/mol. The number of aromatic nitrogens is 2. The Morgan fingerprint density at radius 3 is 2.37 bits per heavy atom. The normalized spacial score (nSPS) is 10.3. The van der Waals surface area contributed by atoms with Gasteiger partial charge < -0.3 is 16.0 Å². The van der Waals surface area contributed by atoms with Crippen LogP contribution in [0.5, 0.6) is 0 Å². The van der Waals surface area contributed by atoms with Gasteiger partial charge in [0, 0.05) is 29.4 Å². The van der Waals surface area contributed by atoms with Crippen molar-refractivity contribution in [3.8, 4) is 0 Å². The van der Waals surface area contributed by atoms with Crippen molar-refractivity contribution in [2.45, 2.75) is 20.3 Å². The molecule has 138 valence electrons. The molecule has 3 N–H and O–H groups in total. The smallest absolute Gasteiger partial charge is 0.230 e. The molecule has 1 aromatic carbocycles. The molecule has 2 amide bonds. The van der Waals surface area contributed by atoms with E-state index in [2.05, 4.69) is 25.9 Å². The lowest BCUT2D eigenvalue weighted by atomic mass is 10.2. The van der Waals surface area contributed by atoms with Crippen molar-refractivity contribution in [1.82, 2.24) is 9.97 Å². The summed E-state index contributed by atoms with van der Waals surface area (Å²) in [5.74, 6) is 0.424. The summed E-state index contributed by atoms with van der Waals surface area (Å²) in [6.45, 7) is 3.37. The number of hydrogen-bond donors (Lipinski definition) is 3. The summed E-state index contributed by atoms with van der Waals surface area (Å²) in [7, 11) is 0. The number of rotatable bonds is 6. The van der Waals surface area contributed by atoms with Crippen molar-refractivity contribution in [3.05, 3.63) is 59.2 Å². The predicted octanol–water partition coefficient (Wildman–Crippen LogP) is 3.73. The van der Waals surface area contributed by atoms with Gasteiger partial charge in [0.1, 0.15) is 5.82 Å². The van der Waals surface area contributed by atoms with Crippen LogP contribution in [0.25, 0.3) is 0 Å². The molecule has 3 aromatic rings. The van der Waals surface area contributed by atoms with Crippen molar-refractivity contribution in [2.75, 3.05) is 16.0 Å². The van der Waals surface area contributed by atoms with Crippen molar-refractivity contribution in [2.24, 2.45) is 0 Å². The largest absolute Gasteiger partial charge is 0.326 e. The minimum absolute atomic E-state index is 0.138. The lowest BCUT2D eigenvalue weighted by molar-refractivity contribution is -0.116. The lowest BCUT2D eigenvalue weighted by Gasteiger charge is -2.06. The van der Waals surface area contributed by atoms with Crippen molar-refractivity contribution in [1.29, 1.82) is 0 Å². The van der Waals surface area contributed by atoms with E-state index in [4.69, 9.17) is 0 Å². The van der Waals surface area contributed by atoms with E-state index in [1.165, 1.54) is 18.3 Å². The van der Waals surface area contributed by atoms with Gasteiger partial charge in [0.25, 0.3) is 0 Å².